The molecule has 0 saturated carbocycles. The first-order valence-corrected chi connectivity index (χ1v) is 11.9. The fraction of sp³-hybridized carbons (Fsp3) is 0.773. The molecule has 0 spiro atoms. The zero-order valence-electron chi connectivity index (χ0n) is 19.3. The Balaban J connectivity index is 0.000000311. The standard InChI is InChI=1S/C12H21NO3.C10H18N2O2S/c1-10(14)16-11-6-2-3-8-12(15)13-9-5-4-7-11;1-10(2,3)12-6-8(13)7-14-9-11-4-5-15-9/h11H,2-9H2,1H3,(H,13,15);4-5,8,12-13H,6-7H2,1-3H3. The van der Waals surface area contributed by atoms with Crippen molar-refractivity contribution in [2.75, 3.05) is 19.7 Å². The molecule has 1 amide bonds. The van der Waals surface area contributed by atoms with Crippen molar-refractivity contribution in [1.82, 2.24) is 15.6 Å². The van der Waals surface area contributed by atoms with Gasteiger partial charge in [-0.25, -0.2) is 4.98 Å². The number of esters is 1. The van der Waals surface area contributed by atoms with Crippen molar-refractivity contribution < 1.29 is 24.2 Å². The first kappa shape index (κ1) is 27.3. The second-order valence-corrected chi connectivity index (χ2v) is 9.57. The number of amides is 1. The lowest BCUT2D eigenvalue weighted by Crippen LogP contribution is -2.42. The van der Waals surface area contributed by atoms with Gasteiger partial charge in [0.25, 0.3) is 5.19 Å². The minimum atomic E-state index is -0.506. The van der Waals surface area contributed by atoms with Crippen molar-refractivity contribution in [3.8, 4) is 5.19 Å². The number of nitrogens with zero attached hydrogens (tertiary/aromatic N) is 1. The number of hydrogen-bond donors (Lipinski definition) is 3. The van der Waals surface area contributed by atoms with E-state index in [0.717, 1.165) is 45.1 Å². The van der Waals surface area contributed by atoms with Crippen molar-refractivity contribution in [2.24, 2.45) is 0 Å². The summed E-state index contributed by atoms with van der Waals surface area (Å²) in [5.41, 5.74) is 0.0160. The molecule has 0 aliphatic carbocycles. The number of carbonyl (C=O) groups is 2. The first-order valence-electron chi connectivity index (χ1n) is 11.0. The van der Waals surface area contributed by atoms with Crippen molar-refractivity contribution in [1.29, 1.82) is 0 Å². The molecule has 31 heavy (non-hydrogen) atoms. The predicted molar refractivity (Wildman–Crippen MR) is 122 cm³/mol. The zero-order chi connectivity index (χ0) is 23.1. The van der Waals surface area contributed by atoms with E-state index < -0.39 is 6.10 Å². The van der Waals surface area contributed by atoms with Gasteiger partial charge in [0.2, 0.25) is 5.91 Å². The monoisotopic (exact) mass is 457 g/mol. The number of aliphatic hydroxyl groups is 1. The average molecular weight is 458 g/mol. The van der Waals surface area contributed by atoms with Crippen LogP contribution in [0.2, 0.25) is 0 Å². The molecule has 9 heteroatoms. The second kappa shape index (κ2) is 15.2. The Labute approximate surface area is 190 Å². The highest BCUT2D eigenvalue weighted by molar-refractivity contribution is 7.11. The lowest BCUT2D eigenvalue weighted by molar-refractivity contribution is -0.147. The molecule has 2 rings (SSSR count). The molecular weight excluding hydrogens is 418 g/mol. The third-order valence-corrected chi connectivity index (χ3v) is 5.15. The number of ether oxygens (including phenoxy) is 2. The summed E-state index contributed by atoms with van der Waals surface area (Å²) in [5, 5.41) is 18.1. The van der Waals surface area contributed by atoms with Gasteiger partial charge in [0.15, 0.2) is 0 Å². The number of carbonyl (C=O) groups excluding carboxylic acids is 2. The van der Waals surface area contributed by atoms with Gasteiger partial charge in [0, 0.05) is 43.5 Å². The highest BCUT2D eigenvalue weighted by Crippen LogP contribution is 2.15. The van der Waals surface area contributed by atoms with Gasteiger partial charge in [-0.1, -0.05) is 11.3 Å². The van der Waals surface area contributed by atoms with Gasteiger partial charge in [-0.15, -0.1) is 0 Å². The highest BCUT2D eigenvalue weighted by atomic mass is 32.1. The molecule has 8 nitrogen and oxygen atoms in total. The Kier molecular flexibility index (Phi) is 13.4. The van der Waals surface area contributed by atoms with Crippen molar-refractivity contribution in [3.05, 3.63) is 11.6 Å². The molecule has 0 aromatic carbocycles. The normalized spacial score (nSPS) is 19.1. The Hall–Kier alpha value is -1.71. The Morgan fingerprint density at radius 2 is 2.03 bits per heavy atom. The smallest absolute Gasteiger partial charge is 0.302 e. The largest absolute Gasteiger partial charge is 0.467 e. The van der Waals surface area contributed by atoms with Crippen LogP contribution in [-0.2, 0) is 14.3 Å². The molecule has 1 aliphatic heterocycles. The Bertz CT molecular complexity index is 619. The Morgan fingerprint density at radius 3 is 2.65 bits per heavy atom. The average Bonchev–Trinajstić information content (AvgIpc) is 3.19. The molecule has 2 heterocycles. The molecule has 0 bridgehead atoms. The van der Waals surface area contributed by atoms with Crippen LogP contribution in [0.15, 0.2) is 11.6 Å². The summed E-state index contributed by atoms with van der Waals surface area (Å²) in [6.45, 7) is 9.16. The molecule has 0 radical (unpaired) electrons. The van der Waals surface area contributed by atoms with Crippen molar-refractivity contribution in [3.63, 3.8) is 0 Å². The molecule has 2 atom stereocenters. The number of nitrogens with one attached hydrogen (secondary N) is 2. The minimum Gasteiger partial charge on any atom is -0.467 e. The van der Waals surface area contributed by atoms with Gasteiger partial charge in [-0.2, -0.15) is 0 Å². The maximum Gasteiger partial charge on any atom is 0.302 e. The van der Waals surface area contributed by atoms with E-state index in [1.165, 1.54) is 18.3 Å². The number of rotatable bonds is 6. The highest BCUT2D eigenvalue weighted by Gasteiger charge is 2.14. The summed E-state index contributed by atoms with van der Waals surface area (Å²) in [6, 6.07) is 0. The molecule has 1 saturated heterocycles. The maximum absolute atomic E-state index is 11.3. The first-order chi connectivity index (χ1) is 14.7. The molecule has 178 valence electrons. The molecule has 3 N–H and O–H groups in total. The maximum atomic E-state index is 11.3. The van der Waals surface area contributed by atoms with E-state index in [4.69, 9.17) is 9.47 Å². The van der Waals surface area contributed by atoms with E-state index in [1.807, 2.05) is 5.38 Å². The SMILES string of the molecule is CC(=O)OC1CCCCNC(=O)CCCC1.CC(C)(C)NCC(O)COc1nccs1. The fourth-order valence-corrected chi connectivity index (χ4v) is 3.40. The van der Waals surface area contributed by atoms with E-state index in [2.05, 4.69) is 36.4 Å². The summed E-state index contributed by atoms with van der Waals surface area (Å²) in [7, 11) is 0. The van der Waals surface area contributed by atoms with Gasteiger partial charge < -0.3 is 25.2 Å². The fourth-order valence-electron chi connectivity index (χ4n) is 2.90. The summed E-state index contributed by atoms with van der Waals surface area (Å²) in [4.78, 5) is 26.1. The van der Waals surface area contributed by atoms with Crippen molar-refractivity contribution in [2.45, 2.75) is 90.4 Å². The van der Waals surface area contributed by atoms with Gasteiger partial charge in [0.1, 0.15) is 18.8 Å². The van der Waals surface area contributed by atoms with Crippen LogP contribution in [0.5, 0.6) is 5.19 Å². The number of thiazole rings is 1. The van der Waals surface area contributed by atoms with Gasteiger partial charge in [-0.05, 0) is 59.3 Å². The van der Waals surface area contributed by atoms with Crippen LogP contribution in [0.1, 0.15) is 72.6 Å². The number of aliphatic hydroxyl groups excluding tert-OH is 1. The van der Waals surface area contributed by atoms with E-state index in [1.54, 1.807) is 6.20 Å². The minimum absolute atomic E-state index is 0.0160. The van der Waals surface area contributed by atoms with Crippen LogP contribution in [-0.4, -0.2) is 59.4 Å². The second-order valence-electron chi connectivity index (χ2n) is 8.72. The van der Waals surface area contributed by atoms with Crippen LogP contribution in [0.25, 0.3) is 0 Å². The lowest BCUT2D eigenvalue weighted by atomic mass is 10.1. The summed E-state index contributed by atoms with van der Waals surface area (Å²) < 4.78 is 10.5. The van der Waals surface area contributed by atoms with Crippen LogP contribution < -0.4 is 15.4 Å². The number of aromatic nitrogens is 1. The quantitative estimate of drug-likeness (QED) is 0.563. The third-order valence-electron chi connectivity index (χ3n) is 4.46. The molecule has 1 aromatic rings. The lowest BCUT2D eigenvalue weighted by Gasteiger charge is -2.22. The molecule has 1 aliphatic rings. The Morgan fingerprint density at radius 1 is 1.32 bits per heavy atom. The van der Waals surface area contributed by atoms with E-state index >= 15 is 0 Å². The van der Waals surface area contributed by atoms with Gasteiger partial charge in [-0.3, -0.25) is 9.59 Å². The molecule has 2 unspecified atom stereocenters. The van der Waals surface area contributed by atoms with E-state index in [-0.39, 0.29) is 30.1 Å². The number of hydrogen-bond acceptors (Lipinski definition) is 8. The topological polar surface area (TPSA) is 110 Å². The molecule has 1 aromatic heterocycles. The number of β-amino-alcohol motifs (C(OH)–C–C–N with tert-alkyl or cyclic N) is 1. The van der Waals surface area contributed by atoms with E-state index in [0.29, 0.717) is 18.2 Å². The van der Waals surface area contributed by atoms with Gasteiger partial charge in [0.05, 0.1) is 0 Å². The van der Waals surface area contributed by atoms with Crippen LogP contribution in [0.3, 0.4) is 0 Å². The molecule has 1 fully saturated rings. The van der Waals surface area contributed by atoms with E-state index in [9.17, 15) is 14.7 Å². The summed E-state index contributed by atoms with van der Waals surface area (Å²) >= 11 is 1.42. The third kappa shape index (κ3) is 15.7. The van der Waals surface area contributed by atoms with Crippen molar-refractivity contribution >= 4 is 23.2 Å². The van der Waals surface area contributed by atoms with Crippen LogP contribution in [0.4, 0.5) is 0 Å². The van der Waals surface area contributed by atoms with Crippen LogP contribution in [0, 0.1) is 0 Å². The summed E-state index contributed by atoms with van der Waals surface area (Å²) in [6.07, 6.45) is 7.39. The zero-order valence-corrected chi connectivity index (χ0v) is 20.1. The van der Waals surface area contributed by atoms with Gasteiger partial charge >= 0.3 is 5.97 Å². The molecular formula is C22H39N3O5S. The predicted octanol–water partition coefficient (Wildman–Crippen LogP) is 3.05. The van der Waals surface area contributed by atoms with Crippen LogP contribution >= 0.6 is 11.3 Å². The summed E-state index contributed by atoms with van der Waals surface area (Å²) in [5.74, 6) is -0.0555.